The van der Waals surface area contributed by atoms with E-state index in [-0.39, 0.29) is 12.8 Å². The molecule has 4 N–H and O–H groups in total. The first-order chi connectivity index (χ1) is 11.9. The number of allylic oxidation sites excluding steroid dienone is 6. The first-order valence-corrected chi connectivity index (χ1v) is 9.26. The van der Waals surface area contributed by atoms with Crippen LogP contribution in [0.2, 0.25) is 0 Å². The highest BCUT2D eigenvalue weighted by molar-refractivity contribution is 5.66. The Morgan fingerprint density at radius 1 is 0.640 bits per heavy atom. The third-order valence-corrected chi connectivity index (χ3v) is 3.64. The molecule has 0 spiro atoms. The fourth-order valence-electron chi connectivity index (χ4n) is 2.25. The lowest BCUT2D eigenvalue weighted by atomic mass is 10.1. The minimum atomic E-state index is -2.52. The molecule has 0 aliphatic rings. The van der Waals surface area contributed by atoms with Crippen molar-refractivity contribution in [2.75, 3.05) is 0 Å². The number of aliphatic carboxylic acids is 1. The highest BCUT2D eigenvalue weighted by atomic mass is 16.7. The first kappa shape index (κ1) is 23.6. The van der Waals surface area contributed by atoms with Gasteiger partial charge in [-0.15, -0.1) is 0 Å². The van der Waals surface area contributed by atoms with Gasteiger partial charge in [-0.05, 0) is 64.2 Å². The van der Waals surface area contributed by atoms with Gasteiger partial charge in [0.2, 0.25) is 0 Å². The second kappa shape index (κ2) is 16.1. The van der Waals surface area contributed by atoms with Crippen LogP contribution in [0.15, 0.2) is 36.5 Å². The summed E-state index contributed by atoms with van der Waals surface area (Å²) >= 11 is 0. The van der Waals surface area contributed by atoms with Crippen LogP contribution in [0.25, 0.3) is 0 Å². The molecule has 0 unspecified atom stereocenters. The molecule has 144 valence electrons. The Hall–Kier alpha value is -1.43. The second-order valence-electron chi connectivity index (χ2n) is 6.23. The molecule has 0 atom stereocenters. The minimum absolute atomic E-state index is 0.0108. The molecule has 0 heterocycles. The number of carboxylic acid groups (broad SMARTS) is 1. The van der Waals surface area contributed by atoms with Crippen LogP contribution in [0.3, 0.4) is 0 Å². The Bertz CT molecular complexity index is 405. The molecule has 0 aromatic carbocycles. The summed E-state index contributed by atoms with van der Waals surface area (Å²) in [6, 6.07) is 0. The summed E-state index contributed by atoms with van der Waals surface area (Å²) in [6.07, 6.45) is 22.2. The van der Waals surface area contributed by atoms with E-state index in [0.29, 0.717) is 12.8 Å². The topological polar surface area (TPSA) is 98.0 Å². The van der Waals surface area contributed by atoms with Crippen LogP contribution in [0.5, 0.6) is 0 Å². The number of aliphatic hydroxyl groups is 3. The van der Waals surface area contributed by atoms with E-state index in [9.17, 15) is 4.79 Å². The molecular weight excluding hydrogens is 320 g/mol. The summed E-state index contributed by atoms with van der Waals surface area (Å²) in [5.74, 6) is -3.25. The van der Waals surface area contributed by atoms with Crippen molar-refractivity contribution in [3.8, 4) is 0 Å². The molecule has 0 aromatic rings. The van der Waals surface area contributed by atoms with E-state index in [0.717, 1.165) is 51.4 Å². The van der Waals surface area contributed by atoms with Crippen molar-refractivity contribution in [3.63, 3.8) is 0 Å². The highest BCUT2D eigenvalue weighted by Crippen LogP contribution is 2.09. The van der Waals surface area contributed by atoms with E-state index >= 15 is 0 Å². The van der Waals surface area contributed by atoms with Gasteiger partial charge in [-0.1, -0.05) is 36.5 Å². The number of rotatable bonds is 16. The summed E-state index contributed by atoms with van der Waals surface area (Å²) < 4.78 is 0. The molecule has 0 rings (SSSR count). The van der Waals surface area contributed by atoms with Crippen LogP contribution in [0.4, 0.5) is 0 Å². The molecule has 0 bridgehead atoms. The normalized spacial score (nSPS) is 12.8. The zero-order chi connectivity index (χ0) is 18.8. The Labute approximate surface area is 151 Å². The van der Waals surface area contributed by atoms with Gasteiger partial charge in [0.05, 0.1) is 0 Å². The van der Waals surface area contributed by atoms with E-state index in [4.69, 9.17) is 20.4 Å². The SMILES string of the molecule is O=C(O)CCCC=CCCC=CCCCC=CCCCCC(O)(O)O. The quantitative estimate of drug-likeness (QED) is 0.190. The van der Waals surface area contributed by atoms with Crippen LogP contribution in [-0.2, 0) is 4.79 Å². The minimum Gasteiger partial charge on any atom is -0.481 e. The smallest absolute Gasteiger partial charge is 0.303 e. The molecular formula is C20H34O5. The van der Waals surface area contributed by atoms with Gasteiger partial charge in [-0.3, -0.25) is 4.79 Å². The maximum absolute atomic E-state index is 10.3. The Balaban J connectivity index is 3.33. The van der Waals surface area contributed by atoms with E-state index in [1.54, 1.807) is 0 Å². The number of carboxylic acids is 1. The monoisotopic (exact) mass is 354 g/mol. The van der Waals surface area contributed by atoms with Gasteiger partial charge >= 0.3 is 5.97 Å². The van der Waals surface area contributed by atoms with Gasteiger partial charge in [-0.2, -0.15) is 0 Å². The predicted molar refractivity (Wildman–Crippen MR) is 99.8 cm³/mol. The number of carbonyl (C=O) groups is 1. The third kappa shape index (κ3) is 22.6. The predicted octanol–water partition coefficient (Wildman–Crippen LogP) is 4.05. The number of hydrogen-bond donors (Lipinski definition) is 4. The van der Waals surface area contributed by atoms with E-state index in [2.05, 4.69) is 36.5 Å². The standard InChI is InChI=1S/C20H34O5/c21-19(22)17-15-13-11-9-7-5-3-1-2-4-6-8-10-12-14-16-18-20(23,24)25/h1,3,8-11,23-25H,2,4-7,12-18H2,(H,21,22). The van der Waals surface area contributed by atoms with Gasteiger partial charge in [0.15, 0.2) is 0 Å². The van der Waals surface area contributed by atoms with Crippen molar-refractivity contribution in [1.82, 2.24) is 0 Å². The molecule has 0 saturated heterocycles. The van der Waals surface area contributed by atoms with Crippen molar-refractivity contribution in [1.29, 1.82) is 0 Å². The summed E-state index contributed by atoms with van der Waals surface area (Å²) in [6.45, 7) is 0. The molecule has 0 aromatic heterocycles. The van der Waals surface area contributed by atoms with Gasteiger partial charge in [-0.25, -0.2) is 0 Å². The van der Waals surface area contributed by atoms with Crippen molar-refractivity contribution in [3.05, 3.63) is 36.5 Å². The third-order valence-electron chi connectivity index (χ3n) is 3.64. The zero-order valence-electron chi connectivity index (χ0n) is 15.1. The molecule has 0 fully saturated rings. The molecule has 5 nitrogen and oxygen atoms in total. The summed E-state index contributed by atoms with van der Waals surface area (Å²) in [4.78, 5) is 10.3. The van der Waals surface area contributed by atoms with Gasteiger partial charge in [0, 0.05) is 12.8 Å². The summed E-state index contributed by atoms with van der Waals surface area (Å²) in [7, 11) is 0. The fraction of sp³-hybridized carbons (Fsp3) is 0.650. The summed E-state index contributed by atoms with van der Waals surface area (Å²) in [5, 5.41) is 34.7. The van der Waals surface area contributed by atoms with Gasteiger partial charge in [0.25, 0.3) is 5.97 Å². The lowest BCUT2D eigenvalue weighted by Gasteiger charge is -2.12. The summed E-state index contributed by atoms with van der Waals surface area (Å²) in [5.41, 5.74) is 0. The van der Waals surface area contributed by atoms with Crippen molar-refractivity contribution in [2.24, 2.45) is 0 Å². The van der Waals surface area contributed by atoms with Crippen molar-refractivity contribution < 1.29 is 25.2 Å². The largest absolute Gasteiger partial charge is 0.481 e. The van der Waals surface area contributed by atoms with Crippen LogP contribution in [0, 0.1) is 0 Å². The lowest BCUT2D eigenvalue weighted by molar-refractivity contribution is -0.314. The van der Waals surface area contributed by atoms with Gasteiger partial charge in [0.1, 0.15) is 0 Å². The Morgan fingerprint density at radius 2 is 1.08 bits per heavy atom. The number of unbranched alkanes of at least 4 members (excludes halogenated alkanes) is 6. The van der Waals surface area contributed by atoms with E-state index in [1.807, 2.05) is 0 Å². The maximum atomic E-state index is 10.3. The van der Waals surface area contributed by atoms with E-state index < -0.39 is 11.9 Å². The highest BCUT2D eigenvalue weighted by Gasteiger charge is 2.15. The molecule has 0 radical (unpaired) electrons. The Kier molecular flexibility index (Phi) is 15.1. The molecule has 0 aliphatic carbocycles. The van der Waals surface area contributed by atoms with Crippen molar-refractivity contribution in [2.45, 2.75) is 83.0 Å². The maximum Gasteiger partial charge on any atom is 0.303 e. The molecule has 5 heteroatoms. The average molecular weight is 354 g/mol. The molecule has 25 heavy (non-hydrogen) atoms. The average Bonchev–Trinajstić information content (AvgIpc) is 2.52. The molecule has 0 aliphatic heterocycles. The second-order valence-corrected chi connectivity index (χ2v) is 6.23. The first-order valence-electron chi connectivity index (χ1n) is 9.26. The van der Waals surface area contributed by atoms with E-state index in [1.165, 1.54) is 0 Å². The zero-order valence-corrected chi connectivity index (χ0v) is 15.1. The van der Waals surface area contributed by atoms with Crippen molar-refractivity contribution >= 4 is 5.97 Å². The Morgan fingerprint density at radius 3 is 1.56 bits per heavy atom. The molecule has 0 saturated carbocycles. The van der Waals surface area contributed by atoms with Crippen LogP contribution >= 0.6 is 0 Å². The molecule has 0 amide bonds. The van der Waals surface area contributed by atoms with Crippen LogP contribution < -0.4 is 0 Å². The van der Waals surface area contributed by atoms with Crippen LogP contribution in [0.1, 0.15) is 77.0 Å². The fourth-order valence-corrected chi connectivity index (χ4v) is 2.25. The van der Waals surface area contributed by atoms with Crippen LogP contribution in [-0.4, -0.2) is 32.4 Å². The lowest BCUT2D eigenvalue weighted by Crippen LogP contribution is -2.26. The number of hydrogen-bond acceptors (Lipinski definition) is 4. The van der Waals surface area contributed by atoms with Gasteiger partial charge < -0.3 is 20.4 Å².